The van der Waals surface area contributed by atoms with Crippen molar-refractivity contribution in [1.29, 1.82) is 0 Å². The Morgan fingerprint density at radius 3 is 2.93 bits per heavy atom. The van der Waals surface area contributed by atoms with Crippen molar-refractivity contribution >= 4 is 21.7 Å². The summed E-state index contributed by atoms with van der Waals surface area (Å²) >= 11 is 3.27. The van der Waals surface area contributed by atoms with Gasteiger partial charge in [0.15, 0.2) is 5.82 Å². The van der Waals surface area contributed by atoms with Gasteiger partial charge in [0.2, 0.25) is 0 Å². The summed E-state index contributed by atoms with van der Waals surface area (Å²) in [6.07, 6.45) is 3.14. The van der Waals surface area contributed by atoms with E-state index >= 15 is 0 Å². The van der Waals surface area contributed by atoms with Crippen molar-refractivity contribution in [3.63, 3.8) is 0 Å². The molecule has 1 N–H and O–H groups in total. The van der Waals surface area contributed by atoms with Gasteiger partial charge in [-0.1, -0.05) is 0 Å². The fourth-order valence-electron chi connectivity index (χ4n) is 1.06. The van der Waals surface area contributed by atoms with Crippen molar-refractivity contribution in [2.24, 2.45) is 7.05 Å². The molecule has 0 unspecified atom stereocenters. The fraction of sp³-hybridized carbons (Fsp3) is 0.250. The van der Waals surface area contributed by atoms with Crippen molar-refractivity contribution in [2.75, 3.05) is 5.32 Å². The molecule has 2 rings (SSSR count). The van der Waals surface area contributed by atoms with Crippen LogP contribution in [0.2, 0.25) is 0 Å². The third-order valence-corrected chi connectivity index (χ3v) is 2.14. The minimum atomic E-state index is 0.546. The van der Waals surface area contributed by atoms with Crippen LogP contribution in [0.3, 0.4) is 0 Å². The first-order chi connectivity index (χ1) is 7.24. The standard InChI is InChI=1S/C8H9BrN6/c1-15-5-13-8(14-15)3-10-7-2-6(9)11-4-12-7/h2,4-5H,3H2,1H3,(H,10,11,12). The fourth-order valence-corrected chi connectivity index (χ4v) is 1.37. The van der Waals surface area contributed by atoms with Gasteiger partial charge in [-0.25, -0.2) is 15.0 Å². The highest BCUT2D eigenvalue weighted by atomic mass is 79.9. The lowest BCUT2D eigenvalue weighted by atomic mass is 10.5. The Labute approximate surface area is 94.9 Å². The number of aryl methyl sites for hydroxylation is 1. The molecule has 0 aliphatic rings. The van der Waals surface area contributed by atoms with Crippen LogP contribution in [-0.4, -0.2) is 24.7 Å². The molecule has 0 saturated heterocycles. The maximum absolute atomic E-state index is 4.14. The molecule has 0 spiro atoms. The summed E-state index contributed by atoms with van der Waals surface area (Å²) in [6.45, 7) is 0.546. The molecule has 7 heteroatoms. The summed E-state index contributed by atoms with van der Waals surface area (Å²) in [6, 6.07) is 1.79. The monoisotopic (exact) mass is 268 g/mol. The van der Waals surface area contributed by atoms with E-state index in [1.165, 1.54) is 6.33 Å². The van der Waals surface area contributed by atoms with Gasteiger partial charge in [0, 0.05) is 13.1 Å². The molecule has 15 heavy (non-hydrogen) atoms. The number of nitrogens with zero attached hydrogens (tertiary/aromatic N) is 5. The molecule has 0 fully saturated rings. The summed E-state index contributed by atoms with van der Waals surface area (Å²) in [5.41, 5.74) is 0. The van der Waals surface area contributed by atoms with Gasteiger partial charge < -0.3 is 5.32 Å². The lowest BCUT2D eigenvalue weighted by Crippen LogP contribution is -2.03. The van der Waals surface area contributed by atoms with Gasteiger partial charge in [0.1, 0.15) is 23.1 Å². The van der Waals surface area contributed by atoms with E-state index in [1.54, 1.807) is 17.1 Å². The predicted octanol–water partition coefficient (Wildman–Crippen LogP) is 0.980. The minimum absolute atomic E-state index is 0.546. The number of hydrogen-bond donors (Lipinski definition) is 1. The normalized spacial score (nSPS) is 10.3. The van der Waals surface area contributed by atoms with Crippen LogP contribution < -0.4 is 5.32 Å². The molecule has 0 amide bonds. The second-order valence-corrected chi connectivity index (χ2v) is 3.73. The Bertz CT molecular complexity index is 454. The highest BCUT2D eigenvalue weighted by molar-refractivity contribution is 9.10. The Morgan fingerprint density at radius 1 is 1.40 bits per heavy atom. The third-order valence-electron chi connectivity index (χ3n) is 1.71. The maximum Gasteiger partial charge on any atom is 0.169 e. The van der Waals surface area contributed by atoms with E-state index < -0.39 is 0 Å². The highest BCUT2D eigenvalue weighted by Crippen LogP contribution is 2.09. The van der Waals surface area contributed by atoms with Crippen LogP contribution in [-0.2, 0) is 13.6 Å². The Kier molecular flexibility index (Phi) is 2.91. The van der Waals surface area contributed by atoms with Crippen LogP contribution in [0.1, 0.15) is 5.82 Å². The van der Waals surface area contributed by atoms with Gasteiger partial charge in [0.25, 0.3) is 0 Å². The predicted molar refractivity (Wildman–Crippen MR) is 58.1 cm³/mol. The summed E-state index contributed by atoms with van der Waals surface area (Å²) in [5, 5.41) is 7.23. The molecule has 0 atom stereocenters. The summed E-state index contributed by atoms with van der Waals surface area (Å²) < 4.78 is 2.40. The lowest BCUT2D eigenvalue weighted by molar-refractivity contribution is 0.747. The van der Waals surface area contributed by atoms with Crippen LogP contribution in [0.25, 0.3) is 0 Å². The van der Waals surface area contributed by atoms with E-state index in [2.05, 4.69) is 41.3 Å². The summed E-state index contributed by atoms with van der Waals surface area (Å²) in [4.78, 5) is 12.1. The van der Waals surface area contributed by atoms with Gasteiger partial charge in [0.05, 0.1) is 6.54 Å². The Balaban J connectivity index is 1.99. The summed E-state index contributed by atoms with van der Waals surface area (Å²) in [5.74, 6) is 1.47. The highest BCUT2D eigenvalue weighted by Gasteiger charge is 1.99. The number of hydrogen-bond acceptors (Lipinski definition) is 5. The quantitative estimate of drug-likeness (QED) is 0.841. The first kappa shape index (κ1) is 10.0. The van der Waals surface area contributed by atoms with Crippen LogP contribution >= 0.6 is 15.9 Å². The zero-order valence-corrected chi connectivity index (χ0v) is 9.64. The van der Waals surface area contributed by atoms with Crippen molar-refractivity contribution in [1.82, 2.24) is 24.7 Å². The number of rotatable bonds is 3. The molecule has 0 aromatic carbocycles. The lowest BCUT2D eigenvalue weighted by Gasteiger charge is -2.01. The van der Waals surface area contributed by atoms with E-state index in [1.807, 2.05) is 7.05 Å². The third kappa shape index (κ3) is 2.72. The zero-order valence-electron chi connectivity index (χ0n) is 8.05. The van der Waals surface area contributed by atoms with Crippen molar-refractivity contribution in [2.45, 2.75) is 6.54 Å². The number of halogens is 1. The van der Waals surface area contributed by atoms with Crippen LogP contribution in [0.5, 0.6) is 0 Å². The number of aromatic nitrogens is 5. The van der Waals surface area contributed by atoms with Crippen LogP contribution in [0, 0.1) is 0 Å². The zero-order chi connectivity index (χ0) is 10.7. The topological polar surface area (TPSA) is 68.5 Å². The number of nitrogens with one attached hydrogen (secondary N) is 1. The van der Waals surface area contributed by atoms with Gasteiger partial charge in [-0.2, -0.15) is 5.10 Å². The van der Waals surface area contributed by atoms with Gasteiger partial charge in [-0.15, -0.1) is 0 Å². The van der Waals surface area contributed by atoms with Gasteiger partial charge >= 0.3 is 0 Å². The molecule has 6 nitrogen and oxygen atoms in total. The second-order valence-electron chi connectivity index (χ2n) is 2.91. The second kappa shape index (κ2) is 4.35. The van der Waals surface area contributed by atoms with Gasteiger partial charge in [-0.3, -0.25) is 4.68 Å². The smallest absolute Gasteiger partial charge is 0.169 e. The van der Waals surface area contributed by atoms with Crippen molar-refractivity contribution in [3.8, 4) is 0 Å². The van der Waals surface area contributed by atoms with Crippen molar-refractivity contribution in [3.05, 3.63) is 29.1 Å². The van der Waals surface area contributed by atoms with E-state index in [0.29, 0.717) is 6.54 Å². The average Bonchev–Trinajstić information content (AvgIpc) is 2.62. The minimum Gasteiger partial charge on any atom is -0.363 e. The molecular weight excluding hydrogens is 260 g/mol. The maximum atomic E-state index is 4.14. The summed E-state index contributed by atoms with van der Waals surface area (Å²) in [7, 11) is 1.83. The van der Waals surface area contributed by atoms with E-state index in [4.69, 9.17) is 0 Å². The van der Waals surface area contributed by atoms with Crippen LogP contribution in [0.15, 0.2) is 23.3 Å². The molecule has 78 valence electrons. The molecule has 2 aromatic rings. The molecule has 2 aromatic heterocycles. The molecule has 0 saturated carbocycles. The first-order valence-electron chi connectivity index (χ1n) is 4.30. The molecule has 2 heterocycles. The molecule has 0 radical (unpaired) electrons. The van der Waals surface area contributed by atoms with Crippen molar-refractivity contribution < 1.29 is 0 Å². The molecule has 0 bridgehead atoms. The van der Waals surface area contributed by atoms with E-state index in [9.17, 15) is 0 Å². The van der Waals surface area contributed by atoms with Crippen LogP contribution in [0.4, 0.5) is 5.82 Å². The Morgan fingerprint density at radius 2 is 2.27 bits per heavy atom. The SMILES string of the molecule is Cn1cnc(CNc2cc(Br)ncn2)n1. The molecule has 0 aliphatic carbocycles. The Hall–Kier alpha value is -1.50. The molecular formula is C8H9BrN6. The average molecular weight is 269 g/mol. The van der Waals surface area contributed by atoms with E-state index in [0.717, 1.165) is 16.2 Å². The number of anilines is 1. The van der Waals surface area contributed by atoms with E-state index in [-0.39, 0.29) is 0 Å². The largest absolute Gasteiger partial charge is 0.363 e. The first-order valence-corrected chi connectivity index (χ1v) is 5.09. The van der Waals surface area contributed by atoms with Gasteiger partial charge in [-0.05, 0) is 15.9 Å². The molecule has 0 aliphatic heterocycles.